The fourth-order valence-corrected chi connectivity index (χ4v) is 4.11. The van der Waals surface area contributed by atoms with Gasteiger partial charge >= 0.3 is 11.3 Å². The zero-order valence-electron chi connectivity index (χ0n) is 15.3. The number of nitro groups is 2. The molecule has 160 valence electrons. The summed E-state index contributed by atoms with van der Waals surface area (Å²) in [5.74, 6) is -1.07. The lowest BCUT2D eigenvalue weighted by Gasteiger charge is -2.05. The Balaban J connectivity index is 1.93. The van der Waals surface area contributed by atoms with Crippen molar-refractivity contribution in [3.05, 3.63) is 97.5 Å². The summed E-state index contributed by atoms with van der Waals surface area (Å²) in [7, 11) is 0. The number of ketones is 1. The second-order valence-corrected chi connectivity index (χ2v) is 8.14. The predicted molar refractivity (Wildman–Crippen MR) is 117 cm³/mol. The quantitative estimate of drug-likeness (QED) is 0.150. The fraction of sp³-hybridized carbons (Fsp3) is 0. The van der Waals surface area contributed by atoms with Crippen molar-refractivity contribution in [2.45, 2.75) is 0 Å². The van der Waals surface area contributed by atoms with Gasteiger partial charge in [-0.05, 0) is 44.0 Å². The number of benzene rings is 2. The molecule has 11 nitrogen and oxygen atoms in total. The third-order valence-corrected chi connectivity index (χ3v) is 5.63. The largest absolute Gasteiger partial charge is 0.421 e. The van der Waals surface area contributed by atoms with Crippen molar-refractivity contribution in [2.24, 2.45) is 0 Å². The van der Waals surface area contributed by atoms with Gasteiger partial charge in [-0.15, -0.1) is 0 Å². The summed E-state index contributed by atoms with van der Waals surface area (Å²) < 4.78 is 10.5. The van der Waals surface area contributed by atoms with Gasteiger partial charge in [-0.2, -0.15) is 0 Å². The highest BCUT2D eigenvalue weighted by Crippen LogP contribution is 2.31. The molecule has 0 radical (unpaired) electrons. The summed E-state index contributed by atoms with van der Waals surface area (Å²) in [6.45, 7) is 0. The van der Waals surface area contributed by atoms with Crippen LogP contribution in [0.2, 0.25) is 0 Å². The maximum Gasteiger partial charge on any atom is 0.347 e. The maximum absolute atomic E-state index is 13.0. The van der Waals surface area contributed by atoms with Crippen LogP contribution in [0.3, 0.4) is 0 Å². The number of hydrogen-bond donors (Lipinski definition) is 0. The van der Waals surface area contributed by atoms with Crippen LogP contribution in [0.15, 0.2) is 63.8 Å². The molecule has 0 aliphatic carbocycles. The van der Waals surface area contributed by atoms with Crippen molar-refractivity contribution in [3.63, 3.8) is 0 Å². The molecule has 2 aromatic heterocycles. The smallest absolute Gasteiger partial charge is 0.347 e. The molecule has 0 N–H and O–H groups in total. The van der Waals surface area contributed by atoms with Gasteiger partial charge in [-0.3, -0.25) is 25.0 Å². The first-order valence-corrected chi connectivity index (χ1v) is 10.0. The molecule has 4 rings (SSSR count). The third-order valence-electron chi connectivity index (χ3n) is 4.45. The molecular weight excluding hydrogens is 560 g/mol. The molecule has 2 heterocycles. The second-order valence-electron chi connectivity index (χ2n) is 6.43. The molecule has 0 amide bonds. The van der Waals surface area contributed by atoms with Crippen LogP contribution in [0.4, 0.5) is 11.4 Å². The molecule has 4 aromatic rings. The van der Waals surface area contributed by atoms with E-state index in [-0.39, 0.29) is 42.3 Å². The third kappa shape index (κ3) is 3.61. The van der Waals surface area contributed by atoms with E-state index in [0.29, 0.717) is 0 Å². The molecule has 0 spiro atoms. The van der Waals surface area contributed by atoms with Crippen LogP contribution in [0, 0.1) is 20.2 Å². The van der Waals surface area contributed by atoms with E-state index in [1.165, 1.54) is 0 Å². The van der Waals surface area contributed by atoms with Crippen LogP contribution in [-0.4, -0.2) is 15.6 Å². The van der Waals surface area contributed by atoms with Crippen LogP contribution in [0.5, 0.6) is 0 Å². The Kier molecular flexibility index (Phi) is 5.22. The molecule has 0 aliphatic heterocycles. The van der Waals surface area contributed by atoms with E-state index in [2.05, 4.69) is 31.9 Å². The normalized spacial score (nSPS) is 11.1. The minimum atomic E-state index is -1.09. The van der Waals surface area contributed by atoms with Crippen LogP contribution in [0.25, 0.3) is 21.9 Å². The molecule has 0 fully saturated rings. The van der Waals surface area contributed by atoms with Crippen LogP contribution < -0.4 is 11.3 Å². The van der Waals surface area contributed by atoms with Crippen LogP contribution in [-0.2, 0) is 0 Å². The molecular formula is C19H6Br2N2O9. The standard InChI is InChI=1S/C19H6Br2N2O9/c20-13-5-9(22(27)28)1-7-3-11(18(25)31-16(7)13)15(24)12-4-8-2-10(23(29)30)6-14(21)17(8)32-19(12)26/h1-6H. The Morgan fingerprint density at radius 2 is 1.09 bits per heavy atom. The lowest BCUT2D eigenvalue weighted by Crippen LogP contribution is -2.21. The van der Waals surface area contributed by atoms with Gasteiger partial charge < -0.3 is 8.83 Å². The minimum absolute atomic E-state index is 0.0257. The first kappa shape index (κ1) is 21.5. The number of non-ortho nitro benzene ring substituents is 2. The van der Waals surface area contributed by atoms with Crippen LogP contribution >= 0.6 is 31.9 Å². The molecule has 0 saturated carbocycles. The fourth-order valence-electron chi connectivity index (χ4n) is 3.03. The van der Waals surface area contributed by atoms with Gasteiger partial charge in [-0.25, -0.2) is 9.59 Å². The van der Waals surface area contributed by atoms with Gasteiger partial charge in [0.05, 0.1) is 18.8 Å². The van der Waals surface area contributed by atoms with E-state index >= 15 is 0 Å². The van der Waals surface area contributed by atoms with E-state index in [1.807, 2.05) is 0 Å². The highest BCUT2D eigenvalue weighted by molar-refractivity contribution is 9.11. The number of nitro benzene ring substituents is 2. The number of halogens is 2. The summed E-state index contributed by atoms with van der Waals surface area (Å²) in [5, 5.41) is 22.3. The Morgan fingerprint density at radius 1 is 0.719 bits per heavy atom. The Labute approximate surface area is 191 Å². The summed E-state index contributed by atoms with van der Waals surface area (Å²) in [4.78, 5) is 58.7. The average Bonchev–Trinajstić information content (AvgIpc) is 2.73. The predicted octanol–water partition coefficient (Wildman–Crippen LogP) is 4.47. The Hall–Kier alpha value is -3.71. The zero-order chi connectivity index (χ0) is 23.3. The molecule has 13 heteroatoms. The van der Waals surface area contributed by atoms with Gasteiger partial charge in [0.1, 0.15) is 11.1 Å². The van der Waals surface area contributed by atoms with Gasteiger partial charge in [0.15, 0.2) is 11.2 Å². The first-order chi connectivity index (χ1) is 15.1. The molecule has 0 saturated heterocycles. The highest BCUT2D eigenvalue weighted by Gasteiger charge is 2.23. The van der Waals surface area contributed by atoms with E-state index in [0.717, 1.165) is 36.4 Å². The monoisotopic (exact) mass is 564 g/mol. The van der Waals surface area contributed by atoms with Crippen molar-refractivity contribution in [2.75, 3.05) is 0 Å². The minimum Gasteiger partial charge on any atom is -0.421 e. The van der Waals surface area contributed by atoms with Crippen molar-refractivity contribution >= 4 is 71.0 Å². The number of rotatable bonds is 4. The molecule has 0 unspecified atom stereocenters. The van der Waals surface area contributed by atoms with Gasteiger partial charge in [0, 0.05) is 35.0 Å². The molecule has 32 heavy (non-hydrogen) atoms. The van der Waals surface area contributed by atoms with E-state index in [4.69, 9.17) is 8.83 Å². The van der Waals surface area contributed by atoms with Crippen LogP contribution in [0.1, 0.15) is 15.9 Å². The number of carbonyl (C=O) groups excluding carboxylic acids is 1. The van der Waals surface area contributed by atoms with Gasteiger partial charge in [-0.1, -0.05) is 0 Å². The van der Waals surface area contributed by atoms with Crippen molar-refractivity contribution < 1.29 is 23.5 Å². The summed E-state index contributed by atoms with van der Waals surface area (Å²) >= 11 is 6.15. The summed E-state index contributed by atoms with van der Waals surface area (Å²) in [6, 6.07) is 6.60. The highest BCUT2D eigenvalue weighted by atomic mass is 79.9. The van der Waals surface area contributed by atoms with Crippen molar-refractivity contribution in [1.29, 1.82) is 0 Å². The number of carbonyl (C=O) groups is 1. The molecule has 0 aliphatic rings. The lowest BCUT2D eigenvalue weighted by atomic mass is 10.0. The zero-order valence-corrected chi connectivity index (χ0v) is 18.5. The Bertz CT molecular complexity index is 1500. The Morgan fingerprint density at radius 3 is 1.44 bits per heavy atom. The van der Waals surface area contributed by atoms with Gasteiger partial charge in [0.25, 0.3) is 11.4 Å². The second kappa shape index (κ2) is 7.76. The number of nitrogens with zero attached hydrogens (tertiary/aromatic N) is 2. The SMILES string of the molecule is O=C(c1cc2cc([N+](=O)[O-])cc(Br)c2oc1=O)c1cc2cc([N+](=O)[O-])cc(Br)c2oc1=O. The first-order valence-electron chi connectivity index (χ1n) is 8.45. The number of hydrogen-bond acceptors (Lipinski definition) is 9. The lowest BCUT2D eigenvalue weighted by molar-refractivity contribution is -0.385. The van der Waals surface area contributed by atoms with E-state index < -0.39 is 38.0 Å². The molecule has 0 atom stereocenters. The number of fused-ring (bicyclic) bond motifs is 2. The summed E-state index contributed by atoms with van der Waals surface area (Å²) in [6.07, 6.45) is 0. The average molecular weight is 566 g/mol. The van der Waals surface area contributed by atoms with E-state index in [1.54, 1.807) is 0 Å². The molecule has 0 bridgehead atoms. The molecule has 2 aromatic carbocycles. The summed E-state index contributed by atoms with van der Waals surface area (Å²) in [5.41, 5.74) is -4.00. The van der Waals surface area contributed by atoms with Crippen molar-refractivity contribution in [3.8, 4) is 0 Å². The topological polar surface area (TPSA) is 164 Å². The van der Waals surface area contributed by atoms with E-state index in [9.17, 15) is 34.6 Å². The van der Waals surface area contributed by atoms with Gasteiger partial charge in [0.2, 0.25) is 5.78 Å². The van der Waals surface area contributed by atoms with Crippen molar-refractivity contribution in [1.82, 2.24) is 0 Å². The maximum atomic E-state index is 13.0.